The monoisotopic (exact) mass is 527 g/mol. The van der Waals surface area contributed by atoms with Gasteiger partial charge in [-0.1, -0.05) is 55.8 Å². The summed E-state index contributed by atoms with van der Waals surface area (Å²) in [5.41, 5.74) is 5.38. The number of benzene rings is 2. The van der Waals surface area contributed by atoms with Crippen molar-refractivity contribution in [2.24, 2.45) is 0 Å². The molecule has 1 saturated carbocycles. The number of aromatic nitrogens is 4. The Bertz CT molecular complexity index is 1490. The van der Waals surface area contributed by atoms with E-state index < -0.39 is 0 Å². The first kappa shape index (κ1) is 26.2. The molecule has 1 aliphatic carbocycles. The molecule has 4 aromatic rings. The number of nitriles is 1. The van der Waals surface area contributed by atoms with Gasteiger partial charge in [0.05, 0.1) is 29.4 Å². The standard InChI is InChI=1S/C30H33N5O2S/c1-3-6-28-27(17-21-9-11-22(12-10-21)26-8-5-4-7-23(26)18-31)29(36)34(30-32-19-33-35(28)30)24-13-15-25(16-14-24)37-20-38-2/h4-5,7-12,19,24-25H,3,6,13-17,20H2,1-2H3/t24-,25-. The maximum Gasteiger partial charge on any atom is 0.259 e. The van der Waals surface area contributed by atoms with E-state index in [9.17, 15) is 10.1 Å². The van der Waals surface area contributed by atoms with E-state index in [1.165, 1.54) is 0 Å². The second-order valence-corrected chi connectivity index (χ2v) is 10.7. The summed E-state index contributed by atoms with van der Waals surface area (Å²) in [6.45, 7) is 2.12. The van der Waals surface area contributed by atoms with Crippen molar-refractivity contribution in [1.82, 2.24) is 19.2 Å². The van der Waals surface area contributed by atoms with E-state index >= 15 is 0 Å². The number of fused-ring (bicyclic) bond motifs is 1. The minimum Gasteiger partial charge on any atom is -0.368 e. The molecule has 38 heavy (non-hydrogen) atoms. The Kier molecular flexibility index (Phi) is 8.26. The molecule has 7 nitrogen and oxygen atoms in total. The third-order valence-corrected chi connectivity index (χ3v) is 7.81. The maximum atomic E-state index is 14.1. The molecule has 0 atom stereocenters. The molecule has 2 heterocycles. The maximum absolute atomic E-state index is 14.1. The molecule has 0 bridgehead atoms. The van der Waals surface area contributed by atoms with Crippen molar-refractivity contribution >= 4 is 17.5 Å². The van der Waals surface area contributed by atoms with Gasteiger partial charge in [-0.25, -0.2) is 4.52 Å². The molecule has 0 spiro atoms. The lowest BCUT2D eigenvalue weighted by Crippen LogP contribution is -2.35. The average molecular weight is 528 g/mol. The lowest BCUT2D eigenvalue weighted by Gasteiger charge is -2.30. The Balaban J connectivity index is 1.49. The van der Waals surface area contributed by atoms with Crippen molar-refractivity contribution in [2.75, 3.05) is 12.2 Å². The van der Waals surface area contributed by atoms with Crippen LogP contribution in [0.25, 0.3) is 16.9 Å². The highest BCUT2D eigenvalue weighted by Crippen LogP contribution is 2.31. The molecule has 196 valence electrons. The number of ether oxygens (including phenoxy) is 1. The van der Waals surface area contributed by atoms with Gasteiger partial charge >= 0.3 is 0 Å². The Morgan fingerprint density at radius 2 is 1.87 bits per heavy atom. The van der Waals surface area contributed by atoms with Gasteiger partial charge in [0.1, 0.15) is 6.33 Å². The van der Waals surface area contributed by atoms with E-state index in [0.717, 1.165) is 66.5 Å². The fourth-order valence-corrected chi connectivity index (χ4v) is 5.88. The van der Waals surface area contributed by atoms with Gasteiger partial charge in [-0.15, -0.1) is 11.8 Å². The highest BCUT2D eigenvalue weighted by atomic mass is 32.2. The van der Waals surface area contributed by atoms with Crippen molar-refractivity contribution in [3.05, 3.63) is 87.6 Å². The molecule has 1 aliphatic rings. The van der Waals surface area contributed by atoms with Crippen LogP contribution in [0, 0.1) is 11.3 Å². The fraction of sp³-hybridized carbons (Fsp3) is 0.400. The zero-order valence-corrected chi connectivity index (χ0v) is 22.8. The lowest BCUT2D eigenvalue weighted by molar-refractivity contribution is 0.0486. The number of hydrogen-bond donors (Lipinski definition) is 0. The first-order valence-corrected chi connectivity index (χ1v) is 14.7. The summed E-state index contributed by atoms with van der Waals surface area (Å²) in [4.78, 5) is 18.6. The van der Waals surface area contributed by atoms with E-state index in [2.05, 4.69) is 35.2 Å². The molecule has 1 fully saturated rings. The molecule has 8 heteroatoms. The number of nitrogens with zero attached hydrogens (tertiary/aromatic N) is 5. The van der Waals surface area contributed by atoms with E-state index in [-0.39, 0.29) is 17.7 Å². The van der Waals surface area contributed by atoms with Gasteiger partial charge in [-0.2, -0.15) is 15.3 Å². The van der Waals surface area contributed by atoms with Crippen molar-refractivity contribution in [1.29, 1.82) is 5.26 Å². The van der Waals surface area contributed by atoms with Crippen LogP contribution in [0.2, 0.25) is 0 Å². The second kappa shape index (κ2) is 12.0. The average Bonchev–Trinajstić information content (AvgIpc) is 3.44. The van der Waals surface area contributed by atoms with Crippen LogP contribution >= 0.6 is 11.8 Å². The highest BCUT2D eigenvalue weighted by molar-refractivity contribution is 7.98. The first-order chi connectivity index (χ1) is 18.6. The van der Waals surface area contributed by atoms with Gasteiger partial charge in [-0.05, 0) is 61.1 Å². The van der Waals surface area contributed by atoms with Crippen molar-refractivity contribution in [3.8, 4) is 17.2 Å². The van der Waals surface area contributed by atoms with Crippen LogP contribution in [0.4, 0.5) is 0 Å². The molecule has 0 unspecified atom stereocenters. The summed E-state index contributed by atoms with van der Waals surface area (Å²) >= 11 is 1.69. The molecular weight excluding hydrogens is 494 g/mol. The zero-order chi connectivity index (χ0) is 26.5. The van der Waals surface area contributed by atoms with Gasteiger partial charge in [0.25, 0.3) is 5.56 Å². The second-order valence-electron chi connectivity index (χ2n) is 9.86. The highest BCUT2D eigenvalue weighted by Gasteiger charge is 2.28. The summed E-state index contributed by atoms with van der Waals surface area (Å²) < 4.78 is 9.73. The van der Waals surface area contributed by atoms with Crippen LogP contribution in [0.5, 0.6) is 0 Å². The third kappa shape index (κ3) is 5.27. The fourth-order valence-electron chi connectivity index (χ4n) is 5.55. The Labute approximate surface area is 227 Å². The minimum atomic E-state index is 0.0429. The summed E-state index contributed by atoms with van der Waals surface area (Å²) in [7, 11) is 0. The van der Waals surface area contributed by atoms with Crippen LogP contribution in [-0.2, 0) is 17.6 Å². The Hall–Kier alpha value is -3.41. The van der Waals surface area contributed by atoms with Gasteiger partial charge in [0.15, 0.2) is 0 Å². The van der Waals surface area contributed by atoms with Crippen LogP contribution < -0.4 is 5.56 Å². The summed E-state index contributed by atoms with van der Waals surface area (Å²) in [6.07, 6.45) is 9.71. The van der Waals surface area contributed by atoms with E-state index in [0.29, 0.717) is 23.7 Å². The summed E-state index contributed by atoms with van der Waals surface area (Å²) in [6, 6.07) is 18.2. The Morgan fingerprint density at radius 1 is 1.11 bits per heavy atom. The largest absolute Gasteiger partial charge is 0.368 e. The topological polar surface area (TPSA) is 85.2 Å². The van der Waals surface area contributed by atoms with E-state index in [4.69, 9.17) is 4.74 Å². The summed E-state index contributed by atoms with van der Waals surface area (Å²) in [5, 5.41) is 14.0. The number of aryl methyl sites for hydroxylation is 1. The zero-order valence-electron chi connectivity index (χ0n) is 22.0. The molecule has 2 aromatic heterocycles. The van der Waals surface area contributed by atoms with Crippen LogP contribution in [0.3, 0.4) is 0 Å². The van der Waals surface area contributed by atoms with Crippen LogP contribution in [0.15, 0.2) is 59.7 Å². The van der Waals surface area contributed by atoms with Gasteiger partial charge in [0, 0.05) is 18.0 Å². The van der Waals surface area contributed by atoms with Crippen molar-refractivity contribution < 1.29 is 4.74 Å². The predicted molar refractivity (Wildman–Crippen MR) is 151 cm³/mol. The van der Waals surface area contributed by atoms with Crippen LogP contribution in [-0.4, -0.2) is 37.5 Å². The molecular formula is C30H33N5O2S. The Morgan fingerprint density at radius 3 is 2.58 bits per heavy atom. The number of hydrogen-bond acceptors (Lipinski definition) is 6. The van der Waals surface area contributed by atoms with Gasteiger partial charge < -0.3 is 4.74 Å². The molecule has 2 aromatic carbocycles. The van der Waals surface area contributed by atoms with Gasteiger partial charge in [0.2, 0.25) is 5.78 Å². The molecule has 0 N–H and O–H groups in total. The van der Waals surface area contributed by atoms with Crippen molar-refractivity contribution in [3.63, 3.8) is 0 Å². The molecule has 5 rings (SSSR count). The van der Waals surface area contributed by atoms with E-state index in [1.54, 1.807) is 18.1 Å². The normalized spacial score (nSPS) is 17.5. The molecule has 0 amide bonds. The quantitative estimate of drug-likeness (QED) is 0.256. The smallest absolute Gasteiger partial charge is 0.259 e. The predicted octanol–water partition coefficient (Wildman–Crippen LogP) is 5.79. The molecule has 0 radical (unpaired) electrons. The number of rotatable bonds is 9. The molecule has 0 saturated heterocycles. The minimum absolute atomic E-state index is 0.0429. The number of thioether (sulfide) groups is 1. The summed E-state index contributed by atoms with van der Waals surface area (Å²) in [5.74, 6) is 1.35. The molecule has 0 aliphatic heterocycles. The van der Waals surface area contributed by atoms with Gasteiger partial charge in [-0.3, -0.25) is 9.36 Å². The lowest BCUT2D eigenvalue weighted by atomic mass is 9.92. The van der Waals surface area contributed by atoms with E-state index in [1.807, 2.05) is 51.7 Å². The SMILES string of the molecule is CCCc1c(Cc2ccc(-c3ccccc3C#N)cc2)c(=O)n([C@H]2CC[C@H](OCSC)CC2)c2ncnn12. The third-order valence-electron chi connectivity index (χ3n) is 7.44. The first-order valence-electron chi connectivity index (χ1n) is 13.3. The van der Waals surface area contributed by atoms with Crippen molar-refractivity contribution in [2.45, 2.75) is 64.0 Å². The van der Waals surface area contributed by atoms with Crippen LogP contribution in [0.1, 0.15) is 67.5 Å².